The van der Waals surface area contributed by atoms with E-state index in [1.165, 1.54) is 0 Å². The van der Waals surface area contributed by atoms with E-state index in [1.54, 1.807) is 0 Å². The van der Waals surface area contributed by atoms with Gasteiger partial charge < -0.3 is 10.6 Å². The summed E-state index contributed by atoms with van der Waals surface area (Å²) in [6, 6.07) is 0. The molecule has 98 valence electrons. The molecular weight excluding hydrogens is 216 g/mol. The van der Waals surface area contributed by atoms with E-state index in [0.717, 1.165) is 45.2 Å². The molecule has 17 heavy (non-hydrogen) atoms. The lowest BCUT2D eigenvalue weighted by Gasteiger charge is -2.04. The maximum absolute atomic E-state index is 11.6. The predicted octanol–water partition coefficient (Wildman–Crippen LogP) is 1.46. The summed E-state index contributed by atoms with van der Waals surface area (Å²) in [5.74, 6) is -0.0508. The van der Waals surface area contributed by atoms with Crippen LogP contribution in [0.2, 0.25) is 0 Å². The van der Waals surface area contributed by atoms with Crippen LogP contribution in [0.15, 0.2) is 0 Å². The van der Waals surface area contributed by atoms with Gasteiger partial charge in [0, 0.05) is 13.1 Å². The van der Waals surface area contributed by atoms with Crippen molar-refractivity contribution in [2.24, 2.45) is 11.8 Å². The minimum Gasteiger partial charge on any atom is -0.356 e. The van der Waals surface area contributed by atoms with Crippen LogP contribution in [0.4, 0.5) is 0 Å². The van der Waals surface area contributed by atoms with Crippen molar-refractivity contribution >= 4 is 11.8 Å². The number of carbonyl (C=O) groups is 2. The Labute approximate surface area is 104 Å². The number of amides is 2. The molecule has 0 aromatic rings. The van der Waals surface area contributed by atoms with Crippen molar-refractivity contribution in [2.75, 3.05) is 13.1 Å². The SMILES string of the molecule is CCCCNC(=O)C1CC1C(=O)NCCCC. The molecule has 0 aromatic carbocycles. The van der Waals surface area contributed by atoms with Crippen LogP contribution < -0.4 is 10.6 Å². The largest absolute Gasteiger partial charge is 0.356 e. The van der Waals surface area contributed by atoms with Crippen LogP contribution >= 0.6 is 0 Å². The number of rotatable bonds is 8. The van der Waals surface area contributed by atoms with E-state index in [0.29, 0.717) is 0 Å². The van der Waals surface area contributed by atoms with E-state index in [1.807, 2.05) is 0 Å². The molecule has 2 N–H and O–H groups in total. The van der Waals surface area contributed by atoms with Crippen molar-refractivity contribution in [2.45, 2.75) is 46.0 Å². The molecule has 1 saturated carbocycles. The van der Waals surface area contributed by atoms with Crippen LogP contribution in [0, 0.1) is 11.8 Å². The topological polar surface area (TPSA) is 58.2 Å². The molecule has 1 rings (SSSR count). The fourth-order valence-corrected chi connectivity index (χ4v) is 1.81. The standard InChI is InChI=1S/C13H24N2O2/c1-3-5-7-14-12(16)10-9-11(10)13(17)15-8-6-4-2/h10-11H,3-9H2,1-2H3,(H,14,16)(H,15,17). The molecule has 1 aliphatic carbocycles. The summed E-state index contributed by atoms with van der Waals surface area (Å²) in [5.41, 5.74) is 0. The van der Waals surface area contributed by atoms with Crippen LogP contribution in [0.25, 0.3) is 0 Å². The second-order valence-electron chi connectivity index (χ2n) is 4.74. The maximum Gasteiger partial charge on any atom is 0.223 e. The lowest BCUT2D eigenvalue weighted by molar-refractivity contribution is -0.127. The maximum atomic E-state index is 11.6. The van der Waals surface area contributed by atoms with E-state index < -0.39 is 0 Å². The molecule has 2 unspecified atom stereocenters. The first-order valence-corrected chi connectivity index (χ1v) is 6.76. The Bertz CT molecular complexity index is 240. The Morgan fingerprint density at radius 1 is 0.941 bits per heavy atom. The Morgan fingerprint density at radius 3 is 1.71 bits per heavy atom. The second-order valence-corrected chi connectivity index (χ2v) is 4.74. The van der Waals surface area contributed by atoms with Gasteiger partial charge in [-0.2, -0.15) is 0 Å². The van der Waals surface area contributed by atoms with Gasteiger partial charge in [0.05, 0.1) is 11.8 Å². The first kappa shape index (κ1) is 14.0. The molecule has 4 nitrogen and oxygen atoms in total. The highest BCUT2D eigenvalue weighted by molar-refractivity contribution is 5.92. The quantitative estimate of drug-likeness (QED) is 0.631. The zero-order chi connectivity index (χ0) is 12.7. The van der Waals surface area contributed by atoms with E-state index in [9.17, 15) is 9.59 Å². The number of nitrogens with one attached hydrogen (secondary N) is 2. The van der Waals surface area contributed by atoms with Crippen LogP contribution in [0.1, 0.15) is 46.0 Å². The van der Waals surface area contributed by atoms with E-state index in [4.69, 9.17) is 0 Å². The molecule has 0 aromatic heterocycles. The number of hydrogen-bond donors (Lipinski definition) is 2. The van der Waals surface area contributed by atoms with Gasteiger partial charge in [-0.15, -0.1) is 0 Å². The van der Waals surface area contributed by atoms with Gasteiger partial charge in [-0.25, -0.2) is 0 Å². The van der Waals surface area contributed by atoms with E-state index in [-0.39, 0.29) is 23.7 Å². The summed E-state index contributed by atoms with van der Waals surface area (Å²) in [6.07, 6.45) is 4.88. The highest BCUT2D eigenvalue weighted by Crippen LogP contribution is 2.38. The molecule has 2 amide bonds. The highest BCUT2D eigenvalue weighted by atomic mass is 16.2. The summed E-state index contributed by atoms with van der Waals surface area (Å²) in [4.78, 5) is 23.3. The van der Waals surface area contributed by atoms with Crippen LogP contribution in [-0.4, -0.2) is 24.9 Å². The van der Waals surface area contributed by atoms with E-state index >= 15 is 0 Å². The molecule has 0 aliphatic heterocycles. The second kappa shape index (κ2) is 7.30. The minimum absolute atomic E-state index is 0.0501. The lowest BCUT2D eigenvalue weighted by Crippen LogP contribution is -2.31. The average Bonchev–Trinajstić information content (AvgIpc) is 3.09. The summed E-state index contributed by atoms with van der Waals surface area (Å²) >= 11 is 0. The molecule has 2 atom stereocenters. The van der Waals surface area contributed by atoms with E-state index in [2.05, 4.69) is 24.5 Å². The molecule has 1 fully saturated rings. The zero-order valence-corrected chi connectivity index (χ0v) is 10.9. The summed E-state index contributed by atoms with van der Waals surface area (Å²) in [7, 11) is 0. The molecule has 0 spiro atoms. The summed E-state index contributed by atoms with van der Waals surface area (Å²) in [6.45, 7) is 5.65. The number of unbranched alkanes of at least 4 members (excludes halogenated alkanes) is 2. The Morgan fingerprint density at radius 2 is 1.35 bits per heavy atom. The zero-order valence-electron chi connectivity index (χ0n) is 10.9. The fourth-order valence-electron chi connectivity index (χ4n) is 1.81. The molecule has 0 radical (unpaired) electrons. The third-order valence-electron chi connectivity index (χ3n) is 3.12. The van der Waals surface area contributed by atoms with Crippen LogP contribution in [0.3, 0.4) is 0 Å². The molecule has 1 aliphatic rings. The van der Waals surface area contributed by atoms with Gasteiger partial charge in [0.15, 0.2) is 0 Å². The van der Waals surface area contributed by atoms with Crippen LogP contribution in [-0.2, 0) is 9.59 Å². The summed E-state index contributed by atoms with van der Waals surface area (Å²) in [5, 5.41) is 5.76. The van der Waals surface area contributed by atoms with Gasteiger partial charge in [-0.3, -0.25) is 9.59 Å². The first-order valence-electron chi connectivity index (χ1n) is 6.76. The minimum atomic E-state index is -0.0755. The monoisotopic (exact) mass is 240 g/mol. The van der Waals surface area contributed by atoms with Gasteiger partial charge in [0.2, 0.25) is 11.8 Å². The van der Waals surface area contributed by atoms with Crippen molar-refractivity contribution in [3.63, 3.8) is 0 Å². The molecule has 0 heterocycles. The van der Waals surface area contributed by atoms with Crippen molar-refractivity contribution in [3.05, 3.63) is 0 Å². The van der Waals surface area contributed by atoms with Gasteiger partial charge in [-0.05, 0) is 19.3 Å². The molecule has 0 bridgehead atoms. The molecule has 0 saturated heterocycles. The lowest BCUT2D eigenvalue weighted by atomic mass is 10.2. The smallest absolute Gasteiger partial charge is 0.223 e. The van der Waals surface area contributed by atoms with Gasteiger partial charge >= 0.3 is 0 Å². The van der Waals surface area contributed by atoms with Crippen molar-refractivity contribution in [1.29, 1.82) is 0 Å². The molecular formula is C13H24N2O2. The number of hydrogen-bond acceptors (Lipinski definition) is 2. The fraction of sp³-hybridized carbons (Fsp3) is 0.846. The Hall–Kier alpha value is -1.06. The normalized spacial score (nSPS) is 22.0. The van der Waals surface area contributed by atoms with Crippen LogP contribution in [0.5, 0.6) is 0 Å². The van der Waals surface area contributed by atoms with Crippen molar-refractivity contribution in [1.82, 2.24) is 10.6 Å². The third-order valence-corrected chi connectivity index (χ3v) is 3.12. The average molecular weight is 240 g/mol. The summed E-state index contributed by atoms with van der Waals surface area (Å²) < 4.78 is 0. The molecule has 4 heteroatoms. The first-order chi connectivity index (χ1) is 8.20. The third kappa shape index (κ3) is 4.75. The number of carbonyl (C=O) groups excluding carboxylic acids is 2. The van der Waals surface area contributed by atoms with Crippen molar-refractivity contribution < 1.29 is 9.59 Å². The van der Waals surface area contributed by atoms with Gasteiger partial charge in [0.25, 0.3) is 0 Å². The van der Waals surface area contributed by atoms with Gasteiger partial charge in [0.1, 0.15) is 0 Å². The Kier molecular flexibility index (Phi) is 6.01. The highest BCUT2D eigenvalue weighted by Gasteiger charge is 2.47. The predicted molar refractivity (Wildman–Crippen MR) is 67.4 cm³/mol. The Balaban J connectivity index is 2.14. The van der Waals surface area contributed by atoms with Crippen molar-refractivity contribution in [3.8, 4) is 0 Å². The van der Waals surface area contributed by atoms with Gasteiger partial charge in [-0.1, -0.05) is 26.7 Å².